The SMILES string of the molecule is Nc1nc(CC(=O)NCC2CCCC(O)C2)cs1. The molecule has 1 amide bonds. The van der Waals surface area contributed by atoms with Gasteiger partial charge in [0.05, 0.1) is 18.2 Å². The van der Waals surface area contributed by atoms with Crippen molar-refractivity contribution in [2.75, 3.05) is 12.3 Å². The largest absolute Gasteiger partial charge is 0.393 e. The van der Waals surface area contributed by atoms with Crippen LogP contribution in [0.2, 0.25) is 0 Å². The summed E-state index contributed by atoms with van der Waals surface area (Å²) in [6.07, 6.45) is 3.90. The van der Waals surface area contributed by atoms with Crippen molar-refractivity contribution in [2.24, 2.45) is 5.92 Å². The highest BCUT2D eigenvalue weighted by atomic mass is 32.1. The number of nitrogens with zero attached hydrogens (tertiary/aromatic N) is 1. The Labute approximate surface area is 110 Å². The fourth-order valence-corrected chi connectivity index (χ4v) is 2.90. The van der Waals surface area contributed by atoms with Crippen LogP contribution in [-0.4, -0.2) is 28.6 Å². The third kappa shape index (κ3) is 3.96. The molecule has 2 atom stereocenters. The number of nitrogens with one attached hydrogen (secondary N) is 1. The molecule has 18 heavy (non-hydrogen) atoms. The summed E-state index contributed by atoms with van der Waals surface area (Å²) in [5.74, 6) is 0.374. The van der Waals surface area contributed by atoms with Gasteiger partial charge in [-0.1, -0.05) is 6.42 Å². The molecule has 0 bridgehead atoms. The molecule has 1 saturated carbocycles. The zero-order valence-corrected chi connectivity index (χ0v) is 11.1. The second-order valence-electron chi connectivity index (χ2n) is 4.84. The van der Waals surface area contributed by atoms with Crippen LogP contribution in [0.15, 0.2) is 5.38 Å². The molecule has 1 aromatic rings. The summed E-state index contributed by atoms with van der Waals surface area (Å²) in [7, 11) is 0. The van der Waals surface area contributed by atoms with Gasteiger partial charge in [-0.05, 0) is 25.2 Å². The van der Waals surface area contributed by atoms with Gasteiger partial charge in [-0.2, -0.15) is 0 Å². The molecule has 2 unspecified atom stereocenters. The van der Waals surface area contributed by atoms with E-state index in [1.165, 1.54) is 11.3 Å². The van der Waals surface area contributed by atoms with Crippen LogP contribution < -0.4 is 11.1 Å². The van der Waals surface area contributed by atoms with E-state index < -0.39 is 0 Å². The predicted molar refractivity (Wildman–Crippen MR) is 71.2 cm³/mol. The van der Waals surface area contributed by atoms with Crippen molar-refractivity contribution in [1.29, 1.82) is 0 Å². The average molecular weight is 269 g/mol. The summed E-state index contributed by atoms with van der Waals surface area (Å²) in [6.45, 7) is 0.648. The van der Waals surface area contributed by atoms with E-state index in [1.54, 1.807) is 5.38 Å². The van der Waals surface area contributed by atoms with Crippen molar-refractivity contribution in [3.05, 3.63) is 11.1 Å². The molecule has 0 aliphatic heterocycles. The summed E-state index contributed by atoms with van der Waals surface area (Å²) in [5, 5.41) is 14.8. The fraction of sp³-hybridized carbons (Fsp3) is 0.667. The number of amides is 1. The van der Waals surface area contributed by atoms with Gasteiger partial charge >= 0.3 is 0 Å². The summed E-state index contributed by atoms with van der Waals surface area (Å²) in [6, 6.07) is 0. The summed E-state index contributed by atoms with van der Waals surface area (Å²) in [4.78, 5) is 15.7. The van der Waals surface area contributed by atoms with Crippen LogP contribution in [0.1, 0.15) is 31.4 Å². The van der Waals surface area contributed by atoms with Crippen molar-refractivity contribution < 1.29 is 9.90 Å². The molecule has 0 spiro atoms. The molecular formula is C12H19N3O2S. The van der Waals surface area contributed by atoms with Gasteiger partial charge in [0.25, 0.3) is 0 Å². The van der Waals surface area contributed by atoms with Crippen molar-refractivity contribution in [2.45, 2.75) is 38.2 Å². The van der Waals surface area contributed by atoms with Crippen LogP contribution >= 0.6 is 11.3 Å². The second kappa shape index (κ2) is 6.15. The second-order valence-corrected chi connectivity index (χ2v) is 5.73. The molecule has 2 rings (SSSR count). The Morgan fingerprint density at radius 1 is 1.61 bits per heavy atom. The molecule has 100 valence electrons. The maximum atomic E-state index is 11.7. The quantitative estimate of drug-likeness (QED) is 0.759. The van der Waals surface area contributed by atoms with Gasteiger partial charge in [0, 0.05) is 11.9 Å². The Kier molecular flexibility index (Phi) is 4.54. The van der Waals surface area contributed by atoms with Gasteiger partial charge in [0.1, 0.15) is 0 Å². The van der Waals surface area contributed by atoms with Crippen LogP contribution in [0.25, 0.3) is 0 Å². The third-order valence-electron chi connectivity index (χ3n) is 3.25. The Morgan fingerprint density at radius 3 is 3.11 bits per heavy atom. The molecule has 4 N–H and O–H groups in total. The number of hydrogen-bond donors (Lipinski definition) is 3. The topological polar surface area (TPSA) is 88.2 Å². The lowest BCUT2D eigenvalue weighted by Gasteiger charge is -2.25. The number of aliphatic hydroxyl groups is 1. The minimum absolute atomic E-state index is 0.0274. The van der Waals surface area contributed by atoms with Crippen LogP contribution in [0.5, 0.6) is 0 Å². The number of anilines is 1. The number of nitrogens with two attached hydrogens (primary N) is 1. The zero-order valence-electron chi connectivity index (χ0n) is 10.3. The van der Waals surface area contributed by atoms with E-state index in [0.717, 1.165) is 31.4 Å². The van der Waals surface area contributed by atoms with Crippen molar-refractivity contribution in [3.63, 3.8) is 0 Å². The number of rotatable bonds is 4. The summed E-state index contributed by atoms with van der Waals surface area (Å²) >= 11 is 1.35. The zero-order chi connectivity index (χ0) is 13.0. The first kappa shape index (κ1) is 13.3. The lowest BCUT2D eigenvalue weighted by atomic mass is 9.87. The van der Waals surface area contributed by atoms with E-state index in [0.29, 0.717) is 17.6 Å². The van der Waals surface area contributed by atoms with Gasteiger partial charge in [-0.3, -0.25) is 4.79 Å². The van der Waals surface area contributed by atoms with Crippen molar-refractivity contribution in [1.82, 2.24) is 10.3 Å². The van der Waals surface area contributed by atoms with Crippen LogP contribution in [-0.2, 0) is 11.2 Å². The van der Waals surface area contributed by atoms with Crippen molar-refractivity contribution >= 4 is 22.4 Å². The summed E-state index contributed by atoms with van der Waals surface area (Å²) < 4.78 is 0. The van der Waals surface area contributed by atoms with Crippen LogP contribution in [0.4, 0.5) is 5.13 Å². The van der Waals surface area contributed by atoms with Gasteiger partial charge < -0.3 is 16.2 Å². The lowest BCUT2D eigenvalue weighted by molar-refractivity contribution is -0.120. The molecule has 0 radical (unpaired) electrons. The van der Waals surface area contributed by atoms with E-state index in [2.05, 4.69) is 10.3 Å². The normalized spacial score (nSPS) is 23.8. The predicted octanol–water partition coefficient (Wildman–Crippen LogP) is 0.935. The lowest BCUT2D eigenvalue weighted by Crippen LogP contribution is -2.33. The van der Waals surface area contributed by atoms with E-state index in [-0.39, 0.29) is 18.4 Å². The highest BCUT2D eigenvalue weighted by Crippen LogP contribution is 2.23. The molecule has 5 nitrogen and oxygen atoms in total. The van der Waals surface area contributed by atoms with Crippen molar-refractivity contribution in [3.8, 4) is 0 Å². The Balaban J connectivity index is 1.71. The third-order valence-corrected chi connectivity index (χ3v) is 3.98. The Morgan fingerprint density at radius 2 is 2.44 bits per heavy atom. The van der Waals surface area contributed by atoms with Gasteiger partial charge in [-0.15, -0.1) is 11.3 Å². The highest BCUT2D eigenvalue weighted by molar-refractivity contribution is 7.13. The van der Waals surface area contributed by atoms with E-state index in [9.17, 15) is 9.90 Å². The number of carbonyl (C=O) groups is 1. The van der Waals surface area contributed by atoms with Crippen LogP contribution in [0.3, 0.4) is 0 Å². The van der Waals surface area contributed by atoms with E-state index in [1.807, 2.05) is 0 Å². The number of aromatic nitrogens is 1. The average Bonchev–Trinajstić information content (AvgIpc) is 2.72. The first-order chi connectivity index (χ1) is 8.63. The maximum absolute atomic E-state index is 11.7. The molecule has 6 heteroatoms. The number of aliphatic hydroxyl groups excluding tert-OH is 1. The molecule has 0 aromatic carbocycles. The van der Waals surface area contributed by atoms with E-state index >= 15 is 0 Å². The molecule has 1 fully saturated rings. The first-order valence-electron chi connectivity index (χ1n) is 6.28. The molecule has 0 saturated heterocycles. The number of thiazole rings is 1. The molecular weight excluding hydrogens is 250 g/mol. The van der Waals surface area contributed by atoms with Gasteiger partial charge in [0.2, 0.25) is 5.91 Å². The minimum atomic E-state index is -0.195. The number of nitrogen functional groups attached to an aromatic ring is 1. The Hall–Kier alpha value is -1.14. The molecule has 1 aliphatic carbocycles. The standard InChI is InChI=1S/C12H19N3O2S/c13-12-15-9(7-18-12)5-11(17)14-6-8-2-1-3-10(16)4-8/h7-8,10,16H,1-6H2,(H2,13,15)(H,14,17). The number of hydrogen-bond acceptors (Lipinski definition) is 5. The minimum Gasteiger partial charge on any atom is -0.393 e. The maximum Gasteiger partial charge on any atom is 0.226 e. The smallest absolute Gasteiger partial charge is 0.226 e. The molecule has 1 heterocycles. The van der Waals surface area contributed by atoms with E-state index in [4.69, 9.17) is 5.73 Å². The van der Waals surface area contributed by atoms with Gasteiger partial charge in [-0.25, -0.2) is 4.98 Å². The first-order valence-corrected chi connectivity index (χ1v) is 7.16. The molecule has 1 aliphatic rings. The number of carbonyl (C=O) groups excluding carboxylic acids is 1. The fourth-order valence-electron chi connectivity index (χ4n) is 2.34. The summed E-state index contributed by atoms with van der Waals surface area (Å²) in [5.41, 5.74) is 6.23. The monoisotopic (exact) mass is 269 g/mol. The highest BCUT2D eigenvalue weighted by Gasteiger charge is 2.20. The Bertz CT molecular complexity index is 408. The van der Waals surface area contributed by atoms with Gasteiger partial charge in [0.15, 0.2) is 5.13 Å². The van der Waals surface area contributed by atoms with Crippen LogP contribution in [0, 0.1) is 5.92 Å². The molecule has 1 aromatic heterocycles.